The Kier molecular flexibility index (Phi) is 4.91. The summed E-state index contributed by atoms with van der Waals surface area (Å²) in [6.07, 6.45) is 0.650. The van der Waals surface area contributed by atoms with E-state index in [2.05, 4.69) is 17.2 Å². The summed E-state index contributed by atoms with van der Waals surface area (Å²) >= 11 is 7.72. The van der Waals surface area contributed by atoms with E-state index >= 15 is 0 Å². The molecule has 2 aromatic rings. The molecule has 1 N–H and O–H groups in total. The van der Waals surface area contributed by atoms with Crippen LogP contribution in [0, 0.1) is 12.7 Å². The van der Waals surface area contributed by atoms with Crippen molar-refractivity contribution in [3.63, 3.8) is 0 Å². The first kappa shape index (κ1) is 14.4. The largest absolute Gasteiger partial charge is 0.312 e. The molecule has 1 aromatic carbocycles. The zero-order chi connectivity index (χ0) is 13.8. The number of aryl methyl sites for hydroxylation is 1. The van der Waals surface area contributed by atoms with E-state index in [-0.39, 0.29) is 5.82 Å². The van der Waals surface area contributed by atoms with E-state index < -0.39 is 0 Å². The highest BCUT2D eigenvalue weighted by Gasteiger charge is 2.10. The van der Waals surface area contributed by atoms with Crippen LogP contribution in [0.25, 0.3) is 0 Å². The van der Waals surface area contributed by atoms with Crippen LogP contribution in [0.2, 0.25) is 5.02 Å². The molecule has 2 nitrogen and oxygen atoms in total. The molecule has 0 saturated carbocycles. The first-order valence-electron chi connectivity index (χ1n) is 6.20. The van der Waals surface area contributed by atoms with Crippen LogP contribution in [0.15, 0.2) is 18.2 Å². The van der Waals surface area contributed by atoms with Gasteiger partial charge < -0.3 is 5.32 Å². The summed E-state index contributed by atoms with van der Waals surface area (Å²) in [7, 11) is 0. The van der Waals surface area contributed by atoms with Crippen LogP contribution in [0.5, 0.6) is 0 Å². The lowest BCUT2D eigenvalue weighted by Crippen LogP contribution is -2.11. The minimum Gasteiger partial charge on any atom is -0.312 e. The Hall–Kier alpha value is -0.970. The molecular formula is C14H16ClFN2S. The van der Waals surface area contributed by atoms with Crippen molar-refractivity contribution in [1.29, 1.82) is 0 Å². The molecule has 102 valence electrons. The Bertz CT molecular complexity index is 569. The third-order valence-electron chi connectivity index (χ3n) is 2.83. The number of thiazole rings is 1. The van der Waals surface area contributed by atoms with E-state index in [4.69, 9.17) is 11.6 Å². The first-order valence-corrected chi connectivity index (χ1v) is 7.39. The number of aromatic nitrogens is 1. The molecular weight excluding hydrogens is 283 g/mol. The predicted molar refractivity (Wildman–Crippen MR) is 78.4 cm³/mol. The van der Waals surface area contributed by atoms with E-state index in [0.29, 0.717) is 11.4 Å². The highest BCUT2D eigenvalue weighted by atomic mass is 35.5. The lowest BCUT2D eigenvalue weighted by atomic mass is 10.1. The van der Waals surface area contributed by atoms with Gasteiger partial charge >= 0.3 is 0 Å². The fraction of sp³-hybridized carbons (Fsp3) is 0.357. The van der Waals surface area contributed by atoms with E-state index in [1.165, 1.54) is 17.0 Å². The zero-order valence-corrected chi connectivity index (χ0v) is 12.5. The number of hydrogen-bond acceptors (Lipinski definition) is 3. The number of hydrogen-bond donors (Lipinski definition) is 1. The van der Waals surface area contributed by atoms with Crippen molar-refractivity contribution < 1.29 is 4.39 Å². The van der Waals surface area contributed by atoms with Crippen LogP contribution in [0.3, 0.4) is 0 Å². The summed E-state index contributed by atoms with van der Waals surface area (Å²) in [6.45, 7) is 5.88. The Morgan fingerprint density at radius 1 is 1.42 bits per heavy atom. The molecule has 0 radical (unpaired) electrons. The summed E-state index contributed by atoms with van der Waals surface area (Å²) in [5.74, 6) is -0.308. The molecule has 0 saturated heterocycles. The van der Waals surface area contributed by atoms with Crippen molar-refractivity contribution in [1.82, 2.24) is 10.3 Å². The minimum absolute atomic E-state index is 0.308. The quantitative estimate of drug-likeness (QED) is 0.904. The zero-order valence-electron chi connectivity index (χ0n) is 11.0. The molecule has 0 fully saturated rings. The molecule has 0 aliphatic rings. The van der Waals surface area contributed by atoms with Crippen molar-refractivity contribution in [2.45, 2.75) is 26.8 Å². The van der Waals surface area contributed by atoms with Crippen LogP contribution < -0.4 is 5.32 Å². The van der Waals surface area contributed by atoms with Crippen molar-refractivity contribution in [3.8, 4) is 0 Å². The maximum atomic E-state index is 13.0. The normalized spacial score (nSPS) is 10.9. The maximum absolute atomic E-state index is 13.0. The molecule has 5 heteroatoms. The van der Waals surface area contributed by atoms with Gasteiger partial charge in [0.15, 0.2) is 0 Å². The molecule has 0 spiro atoms. The third-order valence-corrected chi connectivity index (χ3v) is 4.34. The molecule has 0 atom stereocenters. The van der Waals surface area contributed by atoms with Crippen molar-refractivity contribution in [2.24, 2.45) is 0 Å². The van der Waals surface area contributed by atoms with Gasteiger partial charge in [-0.25, -0.2) is 9.37 Å². The Morgan fingerprint density at radius 2 is 2.21 bits per heavy atom. The molecule has 0 amide bonds. The van der Waals surface area contributed by atoms with Crippen LogP contribution in [-0.2, 0) is 13.0 Å². The topological polar surface area (TPSA) is 24.9 Å². The standard InChI is InChI=1S/C14H16ClFN2S/c1-3-17-8-13-9(2)18-14(19-13)6-10-4-5-11(16)7-12(10)15/h4-5,7,17H,3,6,8H2,1-2H3. The highest BCUT2D eigenvalue weighted by Crippen LogP contribution is 2.24. The summed E-state index contributed by atoms with van der Waals surface area (Å²) < 4.78 is 13.0. The Labute approximate surface area is 121 Å². The summed E-state index contributed by atoms with van der Waals surface area (Å²) in [5.41, 5.74) is 1.96. The molecule has 0 bridgehead atoms. The highest BCUT2D eigenvalue weighted by molar-refractivity contribution is 7.11. The first-order chi connectivity index (χ1) is 9.10. The summed E-state index contributed by atoms with van der Waals surface area (Å²) in [6, 6.07) is 4.50. The monoisotopic (exact) mass is 298 g/mol. The number of rotatable bonds is 5. The van der Waals surface area contributed by atoms with Gasteiger partial charge in [-0.3, -0.25) is 0 Å². The minimum atomic E-state index is -0.308. The van der Waals surface area contributed by atoms with Gasteiger partial charge in [0.25, 0.3) is 0 Å². The smallest absolute Gasteiger partial charge is 0.124 e. The van der Waals surface area contributed by atoms with Gasteiger partial charge in [-0.1, -0.05) is 24.6 Å². The Balaban J connectivity index is 2.14. The Morgan fingerprint density at radius 3 is 2.89 bits per heavy atom. The van der Waals surface area contributed by atoms with Gasteiger partial charge in [0.2, 0.25) is 0 Å². The number of benzene rings is 1. The average Bonchev–Trinajstić information content (AvgIpc) is 2.71. The van der Waals surface area contributed by atoms with Crippen LogP contribution in [0.1, 0.15) is 28.1 Å². The maximum Gasteiger partial charge on any atom is 0.124 e. The molecule has 2 rings (SSSR count). The van der Waals surface area contributed by atoms with E-state index in [1.807, 2.05) is 6.92 Å². The molecule has 19 heavy (non-hydrogen) atoms. The van der Waals surface area contributed by atoms with Crippen molar-refractivity contribution in [3.05, 3.63) is 50.2 Å². The molecule has 0 aliphatic carbocycles. The van der Waals surface area contributed by atoms with Gasteiger partial charge in [-0.15, -0.1) is 11.3 Å². The second-order valence-corrected chi connectivity index (χ2v) is 5.88. The van der Waals surface area contributed by atoms with Gasteiger partial charge in [0.1, 0.15) is 5.82 Å². The van der Waals surface area contributed by atoms with Crippen LogP contribution in [0.4, 0.5) is 4.39 Å². The fourth-order valence-electron chi connectivity index (χ4n) is 1.79. The molecule has 1 aromatic heterocycles. The van der Waals surface area contributed by atoms with E-state index in [1.54, 1.807) is 17.4 Å². The summed E-state index contributed by atoms with van der Waals surface area (Å²) in [5, 5.41) is 4.77. The van der Waals surface area contributed by atoms with Gasteiger partial charge in [-0.05, 0) is 31.2 Å². The molecule has 0 unspecified atom stereocenters. The predicted octanol–water partition coefficient (Wildman–Crippen LogP) is 3.94. The van der Waals surface area contributed by atoms with E-state index in [0.717, 1.165) is 29.4 Å². The molecule has 1 heterocycles. The van der Waals surface area contributed by atoms with Gasteiger partial charge in [0.05, 0.1) is 10.7 Å². The van der Waals surface area contributed by atoms with Gasteiger partial charge in [-0.2, -0.15) is 0 Å². The summed E-state index contributed by atoms with van der Waals surface area (Å²) in [4.78, 5) is 5.79. The van der Waals surface area contributed by atoms with Crippen LogP contribution >= 0.6 is 22.9 Å². The lowest BCUT2D eigenvalue weighted by molar-refractivity contribution is 0.627. The second-order valence-electron chi connectivity index (χ2n) is 4.31. The van der Waals surface area contributed by atoms with Crippen molar-refractivity contribution in [2.75, 3.05) is 6.54 Å². The lowest BCUT2D eigenvalue weighted by Gasteiger charge is -2.01. The van der Waals surface area contributed by atoms with Gasteiger partial charge in [0, 0.05) is 22.9 Å². The average molecular weight is 299 g/mol. The fourth-order valence-corrected chi connectivity index (χ4v) is 3.09. The van der Waals surface area contributed by atoms with Crippen LogP contribution in [-0.4, -0.2) is 11.5 Å². The SMILES string of the molecule is CCNCc1sc(Cc2ccc(F)cc2Cl)nc1C. The number of nitrogens with zero attached hydrogens (tertiary/aromatic N) is 1. The van der Waals surface area contributed by atoms with E-state index in [9.17, 15) is 4.39 Å². The third kappa shape index (κ3) is 3.75. The second kappa shape index (κ2) is 6.46. The number of nitrogens with one attached hydrogen (secondary N) is 1. The van der Waals surface area contributed by atoms with Crippen molar-refractivity contribution >= 4 is 22.9 Å². The number of halogens is 2. The molecule has 0 aliphatic heterocycles.